The van der Waals surface area contributed by atoms with Gasteiger partial charge in [-0.1, -0.05) is 43.0 Å². The van der Waals surface area contributed by atoms with E-state index in [1.165, 1.54) is 4.90 Å². The van der Waals surface area contributed by atoms with E-state index in [4.69, 9.17) is 33.7 Å². The predicted octanol–water partition coefficient (Wildman–Crippen LogP) is 3.82. The zero-order valence-corrected chi connectivity index (χ0v) is 16.3. The molecule has 0 bridgehead atoms. The van der Waals surface area contributed by atoms with E-state index < -0.39 is 11.9 Å². The number of primary amides is 1. The Bertz CT molecular complexity index is 868. The third-order valence-corrected chi connectivity index (χ3v) is 4.78. The molecule has 1 unspecified atom stereocenters. The highest BCUT2D eigenvalue weighted by atomic mass is 35.5. The molecule has 6 nitrogen and oxygen atoms in total. The van der Waals surface area contributed by atoms with Crippen molar-refractivity contribution in [2.45, 2.75) is 32.2 Å². The van der Waals surface area contributed by atoms with Crippen molar-refractivity contribution >= 4 is 40.8 Å². The van der Waals surface area contributed by atoms with Gasteiger partial charge in [0.1, 0.15) is 6.04 Å². The number of pyridine rings is 1. The second kappa shape index (κ2) is 8.15. The number of amides is 2. The minimum absolute atomic E-state index is 0.176. The van der Waals surface area contributed by atoms with Gasteiger partial charge in [0, 0.05) is 21.8 Å². The molecule has 2 N–H and O–H groups in total. The first-order valence-corrected chi connectivity index (χ1v) is 9.37. The van der Waals surface area contributed by atoms with Crippen LogP contribution in [0.2, 0.25) is 10.0 Å². The lowest BCUT2D eigenvalue weighted by Gasteiger charge is -2.33. The first-order valence-electron chi connectivity index (χ1n) is 8.61. The summed E-state index contributed by atoms with van der Waals surface area (Å²) in [7, 11) is 0. The number of benzene rings is 1. The third-order valence-electron chi connectivity index (χ3n) is 4.35. The van der Waals surface area contributed by atoms with Crippen LogP contribution in [0.1, 0.15) is 26.2 Å². The number of nitrogens with zero attached hydrogens (tertiary/aromatic N) is 2. The van der Waals surface area contributed by atoms with Crippen LogP contribution in [-0.4, -0.2) is 29.4 Å². The Kier molecular flexibility index (Phi) is 5.87. The van der Waals surface area contributed by atoms with Gasteiger partial charge in [-0.3, -0.25) is 14.5 Å². The van der Waals surface area contributed by atoms with Gasteiger partial charge < -0.3 is 10.5 Å². The predicted molar refractivity (Wildman–Crippen MR) is 105 cm³/mol. The number of ether oxygens (including phenoxy) is 1. The lowest BCUT2D eigenvalue weighted by Crippen LogP contribution is -2.52. The summed E-state index contributed by atoms with van der Waals surface area (Å²) in [5.74, 6) is -0.195. The number of hydrogen-bond acceptors (Lipinski definition) is 4. The quantitative estimate of drug-likeness (QED) is 0.788. The molecular formula is C19H19Cl2N3O3. The zero-order chi connectivity index (χ0) is 19.6. The molecule has 1 aliphatic rings. The van der Waals surface area contributed by atoms with Gasteiger partial charge in [0.05, 0.1) is 0 Å². The Balaban J connectivity index is 2.01. The van der Waals surface area contributed by atoms with Crippen molar-refractivity contribution in [1.29, 1.82) is 0 Å². The number of aromatic nitrogens is 1. The molecule has 2 amide bonds. The van der Waals surface area contributed by atoms with E-state index in [0.717, 1.165) is 24.0 Å². The van der Waals surface area contributed by atoms with Gasteiger partial charge in [0.15, 0.2) is 18.2 Å². The summed E-state index contributed by atoms with van der Waals surface area (Å²) in [5, 5.41) is 1.00. The Morgan fingerprint density at radius 1 is 1.26 bits per heavy atom. The van der Waals surface area contributed by atoms with Gasteiger partial charge in [0.2, 0.25) is 5.91 Å². The molecular weight excluding hydrogens is 389 g/mol. The first-order chi connectivity index (χ1) is 12.9. The maximum atomic E-state index is 12.4. The molecule has 27 heavy (non-hydrogen) atoms. The molecule has 3 rings (SSSR count). The van der Waals surface area contributed by atoms with Crippen LogP contribution >= 0.6 is 23.2 Å². The summed E-state index contributed by atoms with van der Waals surface area (Å²) < 4.78 is 5.55. The number of nitrogens with two attached hydrogens (primary N) is 1. The fraction of sp³-hybridized carbons (Fsp3) is 0.316. The highest BCUT2D eigenvalue weighted by molar-refractivity contribution is 6.35. The normalized spacial score (nSPS) is 14.5. The van der Waals surface area contributed by atoms with Crippen LogP contribution < -0.4 is 15.4 Å². The number of rotatable bonds is 6. The van der Waals surface area contributed by atoms with Crippen LogP contribution in [0.4, 0.5) is 5.82 Å². The number of fused-ring (bicyclic) bond motifs is 1. The average molecular weight is 408 g/mol. The molecule has 2 heterocycles. The van der Waals surface area contributed by atoms with Gasteiger partial charge in [-0.2, -0.15) is 0 Å². The van der Waals surface area contributed by atoms with Gasteiger partial charge in [-0.15, -0.1) is 0 Å². The van der Waals surface area contributed by atoms with Crippen LogP contribution in [0.3, 0.4) is 0 Å². The largest absolute Gasteiger partial charge is 0.480 e. The van der Waals surface area contributed by atoms with E-state index in [9.17, 15) is 9.59 Å². The second-order valence-corrected chi connectivity index (χ2v) is 7.19. The Morgan fingerprint density at radius 3 is 2.59 bits per heavy atom. The van der Waals surface area contributed by atoms with Gasteiger partial charge >= 0.3 is 0 Å². The van der Waals surface area contributed by atoms with Crippen molar-refractivity contribution in [3.05, 3.63) is 40.5 Å². The molecule has 0 fully saturated rings. The van der Waals surface area contributed by atoms with Crippen molar-refractivity contribution in [2.24, 2.45) is 5.73 Å². The summed E-state index contributed by atoms with van der Waals surface area (Å²) in [6, 6.07) is 6.16. The van der Waals surface area contributed by atoms with Crippen molar-refractivity contribution in [3.63, 3.8) is 0 Å². The highest BCUT2D eigenvalue weighted by Crippen LogP contribution is 2.36. The van der Waals surface area contributed by atoms with E-state index in [-0.39, 0.29) is 12.5 Å². The van der Waals surface area contributed by atoms with Crippen LogP contribution in [0.5, 0.6) is 5.75 Å². The lowest BCUT2D eigenvalue weighted by molar-refractivity contribution is -0.126. The molecule has 1 aliphatic heterocycles. The summed E-state index contributed by atoms with van der Waals surface area (Å²) in [6.07, 6.45) is 3.72. The second-order valence-electron chi connectivity index (χ2n) is 6.32. The molecule has 1 aromatic carbocycles. The van der Waals surface area contributed by atoms with Gasteiger partial charge in [0.25, 0.3) is 5.91 Å². The maximum absolute atomic E-state index is 12.4. The number of hydrogen-bond donors (Lipinski definition) is 1. The molecule has 0 aliphatic carbocycles. The fourth-order valence-electron chi connectivity index (χ4n) is 3.05. The monoisotopic (exact) mass is 407 g/mol. The van der Waals surface area contributed by atoms with E-state index in [1.54, 1.807) is 30.5 Å². The van der Waals surface area contributed by atoms with Gasteiger partial charge in [-0.05, 0) is 36.2 Å². The molecule has 142 valence electrons. The minimum Gasteiger partial charge on any atom is -0.480 e. The van der Waals surface area contributed by atoms with Crippen LogP contribution in [0, 0.1) is 0 Å². The van der Waals surface area contributed by atoms with Crippen molar-refractivity contribution < 1.29 is 14.3 Å². The Labute approximate surface area is 167 Å². The number of halogens is 2. The molecule has 0 saturated heterocycles. The zero-order valence-electron chi connectivity index (χ0n) is 14.7. The highest BCUT2D eigenvalue weighted by Gasteiger charge is 2.35. The summed E-state index contributed by atoms with van der Waals surface area (Å²) in [6.45, 7) is 1.83. The molecule has 1 atom stereocenters. The number of carbonyl (C=O) groups is 2. The van der Waals surface area contributed by atoms with E-state index in [1.807, 2.05) is 6.92 Å². The van der Waals surface area contributed by atoms with Crippen molar-refractivity contribution in [1.82, 2.24) is 4.98 Å². The summed E-state index contributed by atoms with van der Waals surface area (Å²) in [4.78, 5) is 30.1. The lowest BCUT2D eigenvalue weighted by atomic mass is 10.0. The smallest absolute Gasteiger partial charge is 0.266 e. The Morgan fingerprint density at radius 2 is 1.96 bits per heavy atom. The summed E-state index contributed by atoms with van der Waals surface area (Å²) >= 11 is 12.1. The van der Waals surface area contributed by atoms with E-state index in [2.05, 4.69) is 4.98 Å². The summed E-state index contributed by atoms with van der Waals surface area (Å²) in [5.41, 5.74) is 7.05. The Hall–Kier alpha value is -2.31. The van der Waals surface area contributed by atoms with Crippen LogP contribution in [-0.2, 0) is 9.59 Å². The first kappa shape index (κ1) is 19.5. The average Bonchev–Trinajstić information content (AvgIpc) is 2.62. The number of anilines is 1. The molecule has 0 radical (unpaired) electrons. The molecule has 0 saturated carbocycles. The minimum atomic E-state index is -0.751. The molecule has 1 aromatic heterocycles. The van der Waals surface area contributed by atoms with Gasteiger partial charge in [-0.25, -0.2) is 4.98 Å². The maximum Gasteiger partial charge on any atom is 0.266 e. The van der Waals surface area contributed by atoms with E-state index in [0.29, 0.717) is 28.0 Å². The van der Waals surface area contributed by atoms with Crippen molar-refractivity contribution in [3.8, 4) is 16.9 Å². The van der Waals surface area contributed by atoms with Crippen LogP contribution in [0.25, 0.3) is 11.1 Å². The molecule has 8 heteroatoms. The number of carbonyl (C=O) groups excluding carboxylic acids is 2. The van der Waals surface area contributed by atoms with Crippen LogP contribution in [0.15, 0.2) is 30.5 Å². The topological polar surface area (TPSA) is 85.5 Å². The van der Waals surface area contributed by atoms with E-state index >= 15 is 0 Å². The standard InChI is InChI=1S/C19H19Cl2N3O3/c1-2-3-4-15(18(22)26)24-17(25)10-27-16-7-12(9-23-19(16)24)11-5-13(20)8-14(21)6-11/h5-9,15H,2-4,10H2,1H3,(H2,22,26). The number of unbranched alkanes of at least 4 members (excludes halogenated alkanes) is 1. The molecule has 0 spiro atoms. The fourth-order valence-corrected chi connectivity index (χ4v) is 3.57. The molecule has 2 aromatic rings. The SMILES string of the molecule is CCCCC(C(N)=O)N1C(=O)COc2cc(-c3cc(Cl)cc(Cl)c3)cnc21. The third kappa shape index (κ3) is 4.17. The van der Waals surface area contributed by atoms with Crippen molar-refractivity contribution in [2.75, 3.05) is 11.5 Å².